The van der Waals surface area contributed by atoms with Crippen LogP contribution in [0.15, 0.2) is 42.9 Å². The molecule has 0 aliphatic rings. The van der Waals surface area contributed by atoms with E-state index in [0.29, 0.717) is 38.1 Å². The lowest BCUT2D eigenvalue weighted by Gasteiger charge is -2.17. The Morgan fingerprint density at radius 2 is 2.08 bits per heavy atom. The SMILES string of the molecule is Cc1cc(Cl)cc(Cl)c1Nc1nc2cccc([NH+]([O-])O)c2n2cncc12. The van der Waals surface area contributed by atoms with Crippen molar-refractivity contribution in [3.05, 3.63) is 63.7 Å². The van der Waals surface area contributed by atoms with Gasteiger partial charge in [-0.25, -0.2) is 15.2 Å². The van der Waals surface area contributed by atoms with Crippen LogP contribution in [0.2, 0.25) is 10.0 Å². The van der Waals surface area contributed by atoms with Crippen molar-refractivity contribution in [1.82, 2.24) is 14.4 Å². The molecule has 9 heteroatoms. The van der Waals surface area contributed by atoms with E-state index in [0.717, 1.165) is 5.56 Å². The molecule has 2 aromatic heterocycles. The summed E-state index contributed by atoms with van der Waals surface area (Å²) in [7, 11) is 0. The molecule has 0 aliphatic heterocycles. The van der Waals surface area contributed by atoms with Crippen molar-refractivity contribution in [2.24, 2.45) is 0 Å². The van der Waals surface area contributed by atoms with E-state index in [1.165, 1.54) is 0 Å². The first-order chi connectivity index (χ1) is 12.5. The number of fused-ring (bicyclic) bond motifs is 3. The summed E-state index contributed by atoms with van der Waals surface area (Å²) in [5.74, 6) is 0.518. The second-order valence-electron chi connectivity index (χ2n) is 5.79. The summed E-state index contributed by atoms with van der Waals surface area (Å²) < 4.78 is 1.70. The van der Waals surface area contributed by atoms with Gasteiger partial charge in [-0.1, -0.05) is 29.3 Å². The fourth-order valence-electron chi connectivity index (χ4n) is 2.94. The van der Waals surface area contributed by atoms with Crippen LogP contribution in [0.3, 0.4) is 0 Å². The van der Waals surface area contributed by atoms with Crippen LogP contribution in [-0.2, 0) is 0 Å². The molecular weight excluding hydrogens is 377 g/mol. The van der Waals surface area contributed by atoms with Crippen molar-refractivity contribution in [1.29, 1.82) is 0 Å². The Bertz CT molecular complexity index is 1120. The van der Waals surface area contributed by atoms with E-state index in [-0.39, 0.29) is 5.69 Å². The molecule has 0 amide bonds. The van der Waals surface area contributed by atoms with E-state index >= 15 is 0 Å². The number of hydrogen-bond donors (Lipinski definition) is 3. The van der Waals surface area contributed by atoms with Crippen LogP contribution in [-0.4, -0.2) is 19.6 Å². The smallest absolute Gasteiger partial charge is 0.190 e. The Kier molecular flexibility index (Phi) is 4.18. The van der Waals surface area contributed by atoms with E-state index in [4.69, 9.17) is 23.2 Å². The number of aromatic nitrogens is 3. The van der Waals surface area contributed by atoms with Gasteiger partial charge in [0.1, 0.15) is 17.4 Å². The molecule has 7 nitrogen and oxygen atoms in total. The van der Waals surface area contributed by atoms with Crippen molar-refractivity contribution >= 4 is 56.9 Å². The topological polar surface area (TPSA) is 90.0 Å². The highest BCUT2D eigenvalue weighted by atomic mass is 35.5. The fourth-order valence-corrected chi connectivity index (χ4v) is 3.59. The van der Waals surface area contributed by atoms with E-state index in [1.807, 2.05) is 6.92 Å². The summed E-state index contributed by atoms with van der Waals surface area (Å²) in [5, 5.41) is 24.3. The summed E-state index contributed by atoms with van der Waals surface area (Å²) in [6.07, 6.45) is 3.18. The zero-order valence-corrected chi connectivity index (χ0v) is 15.0. The summed E-state index contributed by atoms with van der Waals surface area (Å²) in [6, 6.07) is 8.40. The molecule has 1 atom stereocenters. The predicted octanol–water partition coefficient (Wildman–Crippen LogP) is 3.64. The third-order valence-corrected chi connectivity index (χ3v) is 4.61. The molecule has 2 aromatic carbocycles. The van der Waals surface area contributed by atoms with Crippen LogP contribution in [0.1, 0.15) is 5.56 Å². The minimum absolute atomic E-state index is 0.158. The zero-order valence-electron chi connectivity index (χ0n) is 13.5. The quantitative estimate of drug-likeness (QED) is 0.465. The van der Waals surface area contributed by atoms with Crippen molar-refractivity contribution in [3.8, 4) is 0 Å². The molecule has 0 fully saturated rings. The Morgan fingerprint density at radius 1 is 1.27 bits per heavy atom. The average Bonchev–Trinajstić information content (AvgIpc) is 3.07. The maximum Gasteiger partial charge on any atom is 0.190 e. The van der Waals surface area contributed by atoms with E-state index in [9.17, 15) is 10.4 Å². The summed E-state index contributed by atoms with van der Waals surface area (Å²) in [6.45, 7) is 1.89. The monoisotopic (exact) mass is 389 g/mol. The third-order valence-electron chi connectivity index (χ3n) is 4.09. The molecular formula is C17H13Cl2N5O2. The average molecular weight is 390 g/mol. The first-order valence-electron chi connectivity index (χ1n) is 7.66. The molecule has 3 N–H and O–H groups in total. The number of imidazole rings is 1. The van der Waals surface area contributed by atoms with Gasteiger partial charge in [-0.3, -0.25) is 4.40 Å². The van der Waals surface area contributed by atoms with Crippen LogP contribution < -0.4 is 10.5 Å². The summed E-state index contributed by atoms with van der Waals surface area (Å²) in [5.41, 5.74) is 3.35. The molecule has 132 valence electrons. The first kappa shape index (κ1) is 17.0. The molecule has 0 bridgehead atoms. The van der Waals surface area contributed by atoms with Crippen LogP contribution in [0, 0.1) is 12.1 Å². The molecule has 4 rings (SSSR count). The Balaban J connectivity index is 1.96. The minimum Gasteiger partial charge on any atom is -0.595 e. The molecule has 4 aromatic rings. The van der Waals surface area contributed by atoms with Gasteiger partial charge in [0, 0.05) is 11.1 Å². The highest BCUT2D eigenvalue weighted by Crippen LogP contribution is 2.34. The highest BCUT2D eigenvalue weighted by Gasteiger charge is 2.17. The molecule has 1 unspecified atom stereocenters. The minimum atomic E-state index is -1.02. The van der Waals surface area contributed by atoms with Gasteiger partial charge in [0.15, 0.2) is 11.5 Å². The third kappa shape index (κ3) is 2.76. The molecule has 0 saturated heterocycles. The van der Waals surface area contributed by atoms with Crippen molar-refractivity contribution < 1.29 is 10.4 Å². The van der Waals surface area contributed by atoms with Crippen LogP contribution in [0.5, 0.6) is 0 Å². The maximum atomic E-state index is 11.6. The van der Waals surface area contributed by atoms with Gasteiger partial charge in [-0.2, -0.15) is 5.23 Å². The number of para-hydroxylation sites is 1. The summed E-state index contributed by atoms with van der Waals surface area (Å²) >= 11 is 12.4. The lowest BCUT2D eigenvalue weighted by molar-refractivity contribution is -0.990. The number of hydrogen-bond acceptors (Lipinski definition) is 5. The zero-order chi connectivity index (χ0) is 18.4. The van der Waals surface area contributed by atoms with E-state index in [2.05, 4.69) is 15.3 Å². The van der Waals surface area contributed by atoms with Crippen LogP contribution in [0.25, 0.3) is 16.6 Å². The second kappa shape index (κ2) is 6.39. The first-order valence-corrected chi connectivity index (χ1v) is 8.42. The Morgan fingerprint density at radius 3 is 2.81 bits per heavy atom. The maximum absolute atomic E-state index is 11.6. The largest absolute Gasteiger partial charge is 0.595 e. The standard InChI is InChI=1S/C17H13Cl2N5O2/c1-9-5-10(18)6-11(19)15(9)22-17-14-7-20-8-23(14)16-12(21-17)3-2-4-13(16)24(25)26/h2-8,24-25H,1H3,(H,21,22). The van der Waals surface area contributed by atoms with Gasteiger partial charge in [0.2, 0.25) is 0 Å². The summed E-state index contributed by atoms with van der Waals surface area (Å²) in [4.78, 5) is 8.74. The van der Waals surface area contributed by atoms with E-state index < -0.39 is 5.23 Å². The molecule has 0 spiro atoms. The van der Waals surface area contributed by atoms with Gasteiger partial charge < -0.3 is 10.5 Å². The predicted molar refractivity (Wildman–Crippen MR) is 101 cm³/mol. The number of quaternary nitrogens is 1. The van der Waals surface area contributed by atoms with Crippen LogP contribution in [0.4, 0.5) is 17.2 Å². The molecule has 0 aliphatic carbocycles. The number of anilines is 2. The molecule has 0 radical (unpaired) electrons. The van der Waals surface area contributed by atoms with Gasteiger partial charge in [0.05, 0.1) is 22.4 Å². The second-order valence-corrected chi connectivity index (χ2v) is 6.64. The van der Waals surface area contributed by atoms with Crippen LogP contribution >= 0.6 is 23.2 Å². The van der Waals surface area contributed by atoms with Gasteiger partial charge >= 0.3 is 0 Å². The molecule has 0 saturated carbocycles. The number of nitrogens with one attached hydrogen (secondary N) is 2. The van der Waals surface area contributed by atoms with E-state index in [1.54, 1.807) is 47.3 Å². The number of nitrogens with zero attached hydrogens (tertiary/aromatic N) is 3. The molecule has 26 heavy (non-hydrogen) atoms. The molecule has 2 heterocycles. The lowest BCUT2D eigenvalue weighted by Crippen LogP contribution is -2.99. The highest BCUT2D eigenvalue weighted by molar-refractivity contribution is 6.36. The van der Waals surface area contributed by atoms with Crippen molar-refractivity contribution in [2.75, 3.05) is 5.32 Å². The Hall–Kier alpha value is -2.42. The number of aryl methyl sites for hydroxylation is 1. The van der Waals surface area contributed by atoms with Crippen molar-refractivity contribution in [2.45, 2.75) is 6.92 Å². The number of halogens is 2. The fraction of sp³-hybridized carbons (Fsp3) is 0.0588. The Labute approximate surface area is 158 Å². The lowest BCUT2D eigenvalue weighted by atomic mass is 10.2. The number of rotatable bonds is 3. The van der Waals surface area contributed by atoms with Crippen molar-refractivity contribution in [3.63, 3.8) is 0 Å². The van der Waals surface area contributed by atoms with Gasteiger partial charge in [0.25, 0.3) is 0 Å². The van der Waals surface area contributed by atoms with Gasteiger partial charge in [-0.15, -0.1) is 0 Å². The normalized spacial score (nSPS) is 12.7. The van der Waals surface area contributed by atoms with Gasteiger partial charge in [-0.05, 0) is 30.7 Å². The number of benzene rings is 2.